The SMILES string of the molecule is CCOC1CC(O)C12CCN(C(=O)CCCC1CCCC1)CC2. The third kappa shape index (κ3) is 3.58. The Bertz CT molecular complexity index is 395. The molecule has 0 aromatic rings. The predicted molar refractivity (Wildman–Crippen MR) is 90.1 cm³/mol. The van der Waals surface area contributed by atoms with E-state index < -0.39 is 0 Å². The molecule has 0 aromatic carbocycles. The van der Waals surface area contributed by atoms with Crippen molar-refractivity contribution in [3.63, 3.8) is 0 Å². The van der Waals surface area contributed by atoms with Crippen LogP contribution < -0.4 is 0 Å². The molecule has 132 valence electrons. The maximum absolute atomic E-state index is 12.4. The second kappa shape index (κ2) is 7.52. The van der Waals surface area contributed by atoms with Gasteiger partial charge in [-0.1, -0.05) is 25.7 Å². The highest BCUT2D eigenvalue weighted by Gasteiger charge is 2.56. The van der Waals surface area contributed by atoms with Gasteiger partial charge < -0.3 is 14.7 Å². The zero-order valence-corrected chi connectivity index (χ0v) is 14.6. The van der Waals surface area contributed by atoms with Crippen LogP contribution >= 0.6 is 0 Å². The van der Waals surface area contributed by atoms with Gasteiger partial charge in [-0.3, -0.25) is 4.79 Å². The van der Waals surface area contributed by atoms with Crippen LogP contribution in [0.5, 0.6) is 0 Å². The van der Waals surface area contributed by atoms with Crippen molar-refractivity contribution in [2.75, 3.05) is 19.7 Å². The first-order valence-electron chi connectivity index (χ1n) is 9.73. The molecule has 2 aliphatic carbocycles. The van der Waals surface area contributed by atoms with Crippen molar-refractivity contribution in [3.8, 4) is 0 Å². The number of amides is 1. The molecule has 2 unspecified atom stereocenters. The summed E-state index contributed by atoms with van der Waals surface area (Å²) in [5, 5.41) is 10.2. The number of hydrogen-bond donors (Lipinski definition) is 1. The number of ether oxygens (including phenoxy) is 1. The van der Waals surface area contributed by atoms with Crippen molar-refractivity contribution >= 4 is 5.91 Å². The van der Waals surface area contributed by atoms with Crippen molar-refractivity contribution in [2.24, 2.45) is 11.3 Å². The highest BCUT2D eigenvalue weighted by molar-refractivity contribution is 5.76. The number of rotatable bonds is 6. The summed E-state index contributed by atoms with van der Waals surface area (Å²) in [5.74, 6) is 1.20. The van der Waals surface area contributed by atoms with E-state index in [2.05, 4.69) is 0 Å². The molecule has 1 aliphatic heterocycles. The maximum Gasteiger partial charge on any atom is 0.222 e. The summed E-state index contributed by atoms with van der Waals surface area (Å²) < 4.78 is 5.80. The molecule has 4 heteroatoms. The number of likely N-dealkylation sites (tertiary alicyclic amines) is 1. The van der Waals surface area contributed by atoms with Gasteiger partial charge in [0.25, 0.3) is 0 Å². The minimum absolute atomic E-state index is 0.0728. The molecular weight excluding hydrogens is 290 g/mol. The summed E-state index contributed by atoms with van der Waals surface area (Å²) in [7, 11) is 0. The Balaban J connectivity index is 1.40. The van der Waals surface area contributed by atoms with E-state index in [0.717, 1.165) is 44.7 Å². The van der Waals surface area contributed by atoms with E-state index in [4.69, 9.17) is 4.74 Å². The zero-order chi connectivity index (χ0) is 16.3. The number of aliphatic hydroxyl groups is 1. The van der Waals surface area contributed by atoms with Crippen LogP contribution in [0.15, 0.2) is 0 Å². The van der Waals surface area contributed by atoms with Crippen LogP contribution in [0.4, 0.5) is 0 Å². The van der Waals surface area contributed by atoms with Crippen LogP contribution in [0, 0.1) is 11.3 Å². The molecule has 1 N–H and O–H groups in total. The molecular formula is C19H33NO3. The number of carbonyl (C=O) groups is 1. The Morgan fingerprint density at radius 2 is 1.96 bits per heavy atom. The Kier molecular flexibility index (Phi) is 5.63. The van der Waals surface area contributed by atoms with E-state index in [1.807, 2.05) is 11.8 Å². The van der Waals surface area contributed by atoms with Crippen LogP contribution in [0.3, 0.4) is 0 Å². The van der Waals surface area contributed by atoms with Crippen LogP contribution in [0.1, 0.15) is 71.1 Å². The van der Waals surface area contributed by atoms with Gasteiger partial charge in [0, 0.05) is 38.0 Å². The largest absolute Gasteiger partial charge is 0.392 e. The lowest BCUT2D eigenvalue weighted by Gasteiger charge is -2.56. The summed E-state index contributed by atoms with van der Waals surface area (Å²) in [6.45, 7) is 4.32. The normalized spacial score (nSPS) is 30.6. The zero-order valence-electron chi connectivity index (χ0n) is 14.6. The second-order valence-electron chi connectivity index (χ2n) is 7.85. The predicted octanol–water partition coefficient (Wildman–Crippen LogP) is 3.13. The van der Waals surface area contributed by atoms with Crippen LogP contribution in [-0.4, -0.2) is 47.8 Å². The Morgan fingerprint density at radius 1 is 1.26 bits per heavy atom. The van der Waals surface area contributed by atoms with Crippen molar-refractivity contribution in [1.82, 2.24) is 4.90 Å². The van der Waals surface area contributed by atoms with Crippen molar-refractivity contribution in [2.45, 2.75) is 83.3 Å². The number of nitrogens with zero attached hydrogens (tertiary/aromatic N) is 1. The van der Waals surface area contributed by atoms with E-state index in [-0.39, 0.29) is 17.6 Å². The topological polar surface area (TPSA) is 49.8 Å². The lowest BCUT2D eigenvalue weighted by atomic mass is 9.58. The molecule has 1 amide bonds. The summed E-state index contributed by atoms with van der Waals surface area (Å²) in [4.78, 5) is 14.4. The number of aliphatic hydroxyl groups excluding tert-OH is 1. The summed E-state index contributed by atoms with van der Waals surface area (Å²) >= 11 is 0. The molecule has 3 rings (SSSR count). The standard InChI is InChI=1S/C19H33NO3/c1-2-23-17-14-16(21)19(17)10-12-20(13-11-19)18(22)9-5-8-15-6-3-4-7-15/h15-17,21H,2-14H2,1H3. The fraction of sp³-hybridized carbons (Fsp3) is 0.947. The Morgan fingerprint density at radius 3 is 2.57 bits per heavy atom. The monoisotopic (exact) mass is 323 g/mol. The molecule has 3 aliphatic rings. The van der Waals surface area contributed by atoms with Crippen LogP contribution in [-0.2, 0) is 9.53 Å². The van der Waals surface area contributed by atoms with Crippen LogP contribution in [0.2, 0.25) is 0 Å². The highest BCUT2D eigenvalue weighted by Crippen LogP contribution is 2.51. The van der Waals surface area contributed by atoms with Gasteiger partial charge in [-0.25, -0.2) is 0 Å². The van der Waals surface area contributed by atoms with Gasteiger partial charge >= 0.3 is 0 Å². The summed E-state index contributed by atoms with van der Waals surface area (Å²) in [6, 6.07) is 0. The molecule has 1 heterocycles. The van der Waals surface area contributed by atoms with Gasteiger partial charge in [-0.2, -0.15) is 0 Å². The smallest absolute Gasteiger partial charge is 0.222 e. The third-order valence-electron chi connectivity index (χ3n) is 6.63. The van der Waals surface area contributed by atoms with Gasteiger partial charge in [0.1, 0.15) is 0 Å². The Hall–Kier alpha value is -0.610. The van der Waals surface area contributed by atoms with E-state index in [0.29, 0.717) is 18.9 Å². The molecule has 1 saturated heterocycles. The lowest BCUT2D eigenvalue weighted by molar-refractivity contribution is -0.210. The molecule has 2 atom stereocenters. The first kappa shape index (κ1) is 17.2. The minimum atomic E-state index is -0.237. The number of carbonyl (C=O) groups excluding carboxylic acids is 1. The van der Waals surface area contributed by atoms with Gasteiger partial charge in [0.2, 0.25) is 5.91 Å². The highest BCUT2D eigenvalue weighted by atomic mass is 16.5. The van der Waals surface area contributed by atoms with Crippen molar-refractivity contribution in [1.29, 1.82) is 0 Å². The molecule has 1 spiro atoms. The first-order chi connectivity index (χ1) is 11.2. The molecule has 2 saturated carbocycles. The van der Waals surface area contributed by atoms with E-state index >= 15 is 0 Å². The molecule has 0 aromatic heterocycles. The first-order valence-corrected chi connectivity index (χ1v) is 9.73. The molecule has 3 fully saturated rings. The Labute approximate surface area is 140 Å². The average Bonchev–Trinajstić information content (AvgIpc) is 3.08. The fourth-order valence-electron chi connectivity index (χ4n) is 4.99. The average molecular weight is 323 g/mol. The second-order valence-corrected chi connectivity index (χ2v) is 7.85. The van der Waals surface area contributed by atoms with E-state index in [1.54, 1.807) is 0 Å². The fourth-order valence-corrected chi connectivity index (χ4v) is 4.99. The van der Waals surface area contributed by atoms with Gasteiger partial charge in [0.15, 0.2) is 0 Å². The third-order valence-corrected chi connectivity index (χ3v) is 6.63. The molecule has 0 radical (unpaired) electrons. The van der Waals surface area contributed by atoms with Gasteiger partial charge in [-0.15, -0.1) is 0 Å². The molecule has 23 heavy (non-hydrogen) atoms. The minimum Gasteiger partial charge on any atom is -0.392 e. The number of hydrogen-bond acceptors (Lipinski definition) is 3. The van der Waals surface area contributed by atoms with Gasteiger partial charge in [-0.05, 0) is 38.5 Å². The molecule has 0 bridgehead atoms. The van der Waals surface area contributed by atoms with Gasteiger partial charge in [0.05, 0.1) is 12.2 Å². The van der Waals surface area contributed by atoms with Crippen molar-refractivity contribution in [3.05, 3.63) is 0 Å². The quantitative estimate of drug-likeness (QED) is 0.817. The summed E-state index contributed by atoms with van der Waals surface area (Å²) in [5.41, 5.74) is -0.0728. The van der Waals surface area contributed by atoms with E-state index in [1.165, 1.54) is 32.1 Å². The van der Waals surface area contributed by atoms with E-state index in [9.17, 15) is 9.90 Å². The maximum atomic E-state index is 12.4. The van der Waals surface area contributed by atoms with Crippen LogP contribution in [0.25, 0.3) is 0 Å². The summed E-state index contributed by atoms with van der Waals surface area (Å²) in [6.07, 6.45) is 11.0. The lowest BCUT2D eigenvalue weighted by Crippen LogP contribution is -2.62. The van der Waals surface area contributed by atoms with Crippen molar-refractivity contribution < 1.29 is 14.6 Å². The molecule has 4 nitrogen and oxygen atoms in total. The number of piperidine rings is 1.